The van der Waals surface area contributed by atoms with Gasteiger partial charge in [-0.2, -0.15) is 13.4 Å². The molecule has 0 bridgehead atoms. The fraction of sp³-hybridized carbons (Fsp3) is 0.312. The number of benzene rings is 1. The number of nitrogens with zero attached hydrogens (tertiary/aromatic N) is 8. The first-order valence-electron chi connectivity index (χ1n) is 16.2. The minimum atomic E-state index is -4.38. The van der Waals surface area contributed by atoms with Crippen molar-refractivity contribution in [2.75, 3.05) is 38.3 Å². The van der Waals surface area contributed by atoms with Crippen LogP contribution in [0.1, 0.15) is 38.2 Å². The zero-order chi connectivity index (χ0) is 38.5. The Morgan fingerprint density at radius 1 is 0.963 bits per heavy atom. The Labute approximate surface area is 308 Å². The largest absolute Gasteiger partial charge is 0.508 e. The molecule has 5 aromatic rings. The number of sulfonamides is 1. The average Bonchev–Trinajstić information content (AvgIpc) is 3.71. The molecule has 0 saturated heterocycles. The standard InChI is InChI=1S/C32H36N10O11S/c1-20(2)22-10-11-26(34-19-22)54(46,47)39-30-27(53-25-9-5-4-8-24(25)48-3)31(49-16-17-51-32(43)50-14-6-7-15-52-42(44)45)36-28(35-30)21-12-13-33-23(18-21)29-37-40-41-38-29/h4-5,8-13,18-20,44-45H,6-7,14-17H2,1-3H3,(H,35,36,39)(H,37,38,40,41). The van der Waals surface area contributed by atoms with Crippen LogP contribution in [0.2, 0.25) is 0 Å². The number of aromatic amines is 1. The van der Waals surface area contributed by atoms with Gasteiger partial charge in [0.15, 0.2) is 34.0 Å². The van der Waals surface area contributed by atoms with Gasteiger partial charge in [0.2, 0.25) is 5.75 Å². The molecule has 1 aromatic carbocycles. The number of H-pyrrole nitrogens is 1. The molecule has 4 N–H and O–H groups in total. The first kappa shape index (κ1) is 39.1. The molecule has 0 atom stereocenters. The molecule has 21 nitrogen and oxygen atoms in total. The molecule has 0 fully saturated rings. The van der Waals surface area contributed by atoms with Gasteiger partial charge >= 0.3 is 6.16 Å². The third-order valence-electron chi connectivity index (χ3n) is 7.16. The number of methoxy groups -OCH3 is 1. The number of rotatable bonds is 19. The van der Waals surface area contributed by atoms with Crippen LogP contribution in [0.3, 0.4) is 0 Å². The van der Waals surface area contributed by atoms with E-state index in [4.69, 9.17) is 34.1 Å². The fourth-order valence-electron chi connectivity index (χ4n) is 4.48. The maximum Gasteiger partial charge on any atom is 0.508 e. The van der Waals surface area contributed by atoms with Gasteiger partial charge in [-0.05, 0) is 65.1 Å². The predicted octanol–water partition coefficient (Wildman–Crippen LogP) is 4.16. The van der Waals surface area contributed by atoms with Crippen LogP contribution in [0.15, 0.2) is 66.0 Å². The molecule has 0 amide bonds. The molecule has 4 aromatic heterocycles. The van der Waals surface area contributed by atoms with E-state index in [-0.39, 0.29) is 72.2 Å². The second-order valence-corrected chi connectivity index (χ2v) is 12.9. The number of carbonyl (C=O) groups is 1. The molecule has 5 rings (SSSR count). The molecule has 22 heteroatoms. The van der Waals surface area contributed by atoms with Gasteiger partial charge in [0, 0.05) is 18.0 Å². The van der Waals surface area contributed by atoms with Crippen molar-refractivity contribution in [3.8, 4) is 46.0 Å². The molecule has 54 heavy (non-hydrogen) atoms. The van der Waals surface area contributed by atoms with E-state index in [2.05, 4.69) is 50.1 Å². The number of aromatic nitrogens is 8. The third-order valence-corrected chi connectivity index (χ3v) is 8.42. The molecule has 0 radical (unpaired) electrons. The number of carbonyl (C=O) groups excluding carboxylic acids is 1. The van der Waals surface area contributed by atoms with Gasteiger partial charge in [0.25, 0.3) is 15.9 Å². The highest BCUT2D eigenvalue weighted by atomic mass is 32.2. The highest BCUT2D eigenvalue weighted by molar-refractivity contribution is 7.92. The summed E-state index contributed by atoms with van der Waals surface area (Å²) in [6.45, 7) is 3.26. The monoisotopic (exact) mass is 768 g/mol. The van der Waals surface area contributed by atoms with Crippen LogP contribution in [-0.4, -0.2) is 104 Å². The van der Waals surface area contributed by atoms with Gasteiger partial charge in [0.1, 0.15) is 18.9 Å². The van der Waals surface area contributed by atoms with Crippen molar-refractivity contribution in [2.24, 2.45) is 0 Å². The molecular formula is C32H36N10O11S. The van der Waals surface area contributed by atoms with Crippen LogP contribution >= 0.6 is 0 Å². The van der Waals surface area contributed by atoms with E-state index >= 15 is 0 Å². The minimum absolute atomic E-state index is 0.0173. The number of pyridine rings is 2. The summed E-state index contributed by atoms with van der Waals surface area (Å²) in [5.74, 6) is -0.0214. The zero-order valence-corrected chi connectivity index (χ0v) is 30.0. The average molecular weight is 769 g/mol. The number of para-hydroxylation sites is 2. The number of ether oxygens (including phenoxy) is 5. The topological polar surface area (TPSA) is 268 Å². The van der Waals surface area contributed by atoms with Crippen LogP contribution in [0.5, 0.6) is 23.1 Å². The number of hydrogen-bond acceptors (Lipinski definition) is 19. The van der Waals surface area contributed by atoms with Crippen LogP contribution in [0, 0.1) is 0 Å². The summed E-state index contributed by atoms with van der Waals surface area (Å²) >= 11 is 0. The number of tetrazole rings is 1. The number of anilines is 1. The van der Waals surface area contributed by atoms with E-state index in [1.54, 1.807) is 42.5 Å². The Morgan fingerprint density at radius 2 is 1.74 bits per heavy atom. The molecule has 0 unspecified atom stereocenters. The third kappa shape index (κ3) is 10.7. The summed E-state index contributed by atoms with van der Waals surface area (Å²) in [5, 5.41) is 30.1. The second-order valence-electron chi connectivity index (χ2n) is 11.2. The van der Waals surface area contributed by atoms with Crippen LogP contribution in [0.25, 0.3) is 22.9 Å². The van der Waals surface area contributed by atoms with Gasteiger partial charge in [-0.15, -0.1) is 5.10 Å². The van der Waals surface area contributed by atoms with Crippen molar-refractivity contribution < 1.29 is 52.1 Å². The molecule has 286 valence electrons. The lowest BCUT2D eigenvalue weighted by Gasteiger charge is -2.18. The maximum atomic E-state index is 13.8. The van der Waals surface area contributed by atoms with Crippen molar-refractivity contribution >= 4 is 22.0 Å². The normalized spacial score (nSPS) is 11.4. The molecule has 4 heterocycles. The molecule has 0 saturated carbocycles. The Bertz CT molecular complexity index is 2090. The highest BCUT2D eigenvalue weighted by Gasteiger charge is 2.26. The van der Waals surface area contributed by atoms with Gasteiger partial charge in [-0.3, -0.25) is 25.0 Å². The SMILES string of the molecule is COc1ccccc1Oc1c(NS(=O)(=O)c2ccc(C(C)C)cn2)nc(-c2ccnc(-c3nnn[nH]3)c2)nc1OCCOC(=O)OCCCCON(O)O. The fourth-order valence-corrected chi connectivity index (χ4v) is 5.42. The second kappa shape index (κ2) is 18.6. The summed E-state index contributed by atoms with van der Waals surface area (Å²) in [7, 11) is -2.95. The van der Waals surface area contributed by atoms with Crippen molar-refractivity contribution in [1.29, 1.82) is 0 Å². The summed E-state index contributed by atoms with van der Waals surface area (Å²) in [6.07, 6.45) is 2.66. The summed E-state index contributed by atoms with van der Waals surface area (Å²) in [4.78, 5) is 34.1. The van der Waals surface area contributed by atoms with E-state index in [0.29, 0.717) is 29.8 Å². The van der Waals surface area contributed by atoms with E-state index in [9.17, 15) is 13.2 Å². The highest BCUT2D eigenvalue weighted by Crippen LogP contribution is 2.41. The molecule has 0 aliphatic carbocycles. The summed E-state index contributed by atoms with van der Waals surface area (Å²) < 4.78 is 57.8. The number of hydrogen-bond donors (Lipinski definition) is 4. The Balaban J connectivity index is 1.48. The quantitative estimate of drug-likeness (QED) is 0.0521. The van der Waals surface area contributed by atoms with Crippen molar-refractivity contribution in [1.82, 2.24) is 45.9 Å². The predicted molar refractivity (Wildman–Crippen MR) is 184 cm³/mol. The zero-order valence-electron chi connectivity index (χ0n) is 29.1. The summed E-state index contributed by atoms with van der Waals surface area (Å²) in [6, 6.07) is 12.8. The first-order chi connectivity index (χ1) is 26.0. The van der Waals surface area contributed by atoms with Gasteiger partial charge in [0.05, 0.1) is 25.7 Å². The van der Waals surface area contributed by atoms with E-state index < -0.39 is 21.6 Å². The van der Waals surface area contributed by atoms with Crippen molar-refractivity contribution in [3.63, 3.8) is 0 Å². The number of nitrogens with one attached hydrogen (secondary N) is 2. The van der Waals surface area contributed by atoms with Crippen LogP contribution in [-0.2, 0) is 24.3 Å². The van der Waals surface area contributed by atoms with Crippen molar-refractivity contribution in [3.05, 3.63) is 66.5 Å². The van der Waals surface area contributed by atoms with E-state index in [1.807, 2.05) is 13.8 Å². The van der Waals surface area contributed by atoms with Gasteiger partial charge in [-0.1, -0.05) is 32.0 Å². The van der Waals surface area contributed by atoms with Crippen molar-refractivity contribution in [2.45, 2.75) is 37.6 Å². The molecular weight excluding hydrogens is 732 g/mol. The Kier molecular flexibility index (Phi) is 13.5. The lowest BCUT2D eigenvalue weighted by atomic mass is 10.1. The first-order valence-corrected chi connectivity index (χ1v) is 17.7. The smallest absolute Gasteiger partial charge is 0.493 e. The van der Waals surface area contributed by atoms with Crippen LogP contribution < -0.4 is 18.9 Å². The molecule has 0 aliphatic rings. The Hall–Kier alpha value is -6.07. The van der Waals surface area contributed by atoms with Crippen LogP contribution in [0.4, 0.5) is 10.6 Å². The van der Waals surface area contributed by atoms with E-state index in [0.717, 1.165) is 5.56 Å². The molecule has 0 aliphatic heterocycles. The lowest BCUT2D eigenvalue weighted by Crippen LogP contribution is -2.18. The Morgan fingerprint density at radius 3 is 2.44 bits per heavy atom. The summed E-state index contributed by atoms with van der Waals surface area (Å²) in [5.41, 5.74) is 1.53. The molecule has 0 spiro atoms. The van der Waals surface area contributed by atoms with Gasteiger partial charge in [-0.25, -0.2) is 19.9 Å². The maximum absolute atomic E-state index is 13.8. The van der Waals surface area contributed by atoms with Gasteiger partial charge < -0.3 is 23.7 Å². The van der Waals surface area contributed by atoms with E-state index in [1.165, 1.54) is 25.6 Å². The number of unbranched alkanes of at least 4 members (excludes halogenated alkanes) is 1. The lowest BCUT2D eigenvalue weighted by molar-refractivity contribution is -0.492. The minimum Gasteiger partial charge on any atom is -0.493 e.